The minimum Gasteiger partial charge on any atom is -0.478 e. The number of carbonyl (C=O) groups is 2. The number of anilines is 2. The van der Waals surface area contributed by atoms with E-state index in [1.54, 1.807) is 12.1 Å². The van der Waals surface area contributed by atoms with E-state index in [1.807, 2.05) is 13.0 Å². The first-order valence-corrected chi connectivity index (χ1v) is 7.17. The molecule has 2 rings (SSSR count). The Balaban J connectivity index is 2.38. The molecule has 0 aromatic heterocycles. The van der Waals surface area contributed by atoms with Gasteiger partial charge in [-0.1, -0.05) is 12.1 Å². The number of carboxylic acid groups (broad SMARTS) is 1. The van der Waals surface area contributed by atoms with Crippen molar-refractivity contribution in [2.75, 3.05) is 11.1 Å². The molecular formula is C15H13IN2O3. The molecule has 0 saturated heterocycles. The molecule has 0 heterocycles. The van der Waals surface area contributed by atoms with Crippen LogP contribution in [-0.2, 0) is 0 Å². The first-order valence-electron chi connectivity index (χ1n) is 6.09. The van der Waals surface area contributed by atoms with Crippen molar-refractivity contribution in [3.8, 4) is 0 Å². The van der Waals surface area contributed by atoms with Crippen molar-refractivity contribution in [3.63, 3.8) is 0 Å². The van der Waals surface area contributed by atoms with Crippen molar-refractivity contribution in [3.05, 3.63) is 56.7 Å². The minimum atomic E-state index is -1.12. The van der Waals surface area contributed by atoms with Gasteiger partial charge >= 0.3 is 5.97 Å². The fourth-order valence-electron chi connectivity index (χ4n) is 1.86. The van der Waals surface area contributed by atoms with E-state index < -0.39 is 5.97 Å². The monoisotopic (exact) mass is 396 g/mol. The lowest BCUT2D eigenvalue weighted by atomic mass is 10.1. The van der Waals surface area contributed by atoms with E-state index in [0.29, 0.717) is 11.3 Å². The number of benzene rings is 2. The maximum Gasteiger partial charge on any atom is 0.337 e. The Morgan fingerprint density at radius 2 is 1.90 bits per heavy atom. The van der Waals surface area contributed by atoms with E-state index in [9.17, 15) is 9.59 Å². The topological polar surface area (TPSA) is 92.4 Å². The Labute approximate surface area is 135 Å². The lowest BCUT2D eigenvalue weighted by Gasteiger charge is -2.11. The third-order valence-corrected chi connectivity index (χ3v) is 4.39. The molecule has 2 aromatic rings. The van der Waals surface area contributed by atoms with E-state index in [1.165, 1.54) is 18.2 Å². The summed E-state index contributed by atoms with van der Waals surface area (Å²) in [5.41, 5.74) is 7.69. The van der Waals surface area contributed by atoms with Crippen LogP contribution in [0.5, 0.6) is 0 Å². The highest BCUT2D eigenvalue weighted by atomic mass is 127. The van der Waals surface area contributed by atoms with Crippen LogP contribution in [0, 0.1) is 10.5 Å². The number of nitrogens with one attached hydrogen (secondary N) is 1. The van der Waals surface area contributed by atoms with E-state index >= 15 is 0 Å². The Bertz CT molecular complexity index is 729. The molecule has 2 aromatic carbocycles. The molecule has 1 amide bonds. The maximum absolute atomic E-state index is 12.3. The molecule has 0 bridgehead atoms. The maximum atomic E-state index is 12.3. The van der Waals surface area contributed by atoms with E-state index in [-0.39, 0.29) is 17.2 Å². The fraction of sp³-hybridized carbons (Fsp3) is 0.0667. The smallest absolute Gasteiger partial charge is 0.337 e. The zero-order chi connectivity index (χ0) is 15.6. The second-order valence-electron chi connectivity index (χ2n) is 4.50. The number of hydrogen-bond donors (Lipinski definition) is 3. The largest absolute Gasteiger partial charge is 0.478 e. The van der Waals surface area contributed by atoms with Crippen LogP contribution in [0.25, 0.3) is 0 Å². The summed E-state index contributed by atoms with van der Waals surface area (Å²) in [6.45, 7) is 1.90. The van der Waals surface area contributed by atoms with Crippen molar-refractivity contribution in [1.29, 1.82) is 0 Å². The molecular weight excluding hydrogens is 383 g/mol. The molecule has 0 aliphatic heterocycles. The molecule has 0 unspecified atom stereocenters. The van der Waals surface area contributed by atoms with Crippen molar-refractivity contribution in [1.82, 2.24) is 0 Å². The SMILES string of the molecule is Cc1cccc(C(=O)Nc2cc(N)ccc2C(=O)O)c1I. The van der Waals surface area contributed by atoms with Gasteiger partial charge in [0.2, 0.25) is 0 Å². The van der Waals surface area contributed by atoms with Gasteiger partial charge in [-0.3, -0.25) is 4.79 Å². The van der Waals surface area contributed by atoms with E-state index in [4.69, 9.17) is 10.8 Å². The number of nitrogens with two attached hydrogens (primary N) is 1. The van der Waals surface area contributed by atoms with Gasteiger partial charge in [0.15, 0.2) is 0 Å². The van der Waals surface area contributed by atoms with Gasteiger partial charge in [0.25, 0.3) is 5.91 Å². The number of aryl methyl sites for hydroxylation is 1. The summed E-state index contributed by atoms with van der Waals surface area (Å²) < 4.78 is 0.827. The van der Waals surface area contributed by atoms with Gasteiger partial charge in [0.05, 0.1) is 16.8 Å². The first-order chi connectivity index (χ1) is 9.90. The zero-order valence-corrected chi connectivity index (χ0v) is 13.3. The van der Waals surface area contributed by atoms with Gasteiger partial charge in [-0.05, 0) is 59.3 Å². The quantitative estimate of drug-likeness (QED) is 0.549. The lowest BCUT2D eigenvalue weighted by Crippen LogP contribution is -2.16. The van der Waals surface area contributed by atoms with Crippen LogP contribution in [0.3, 0.4) is 0 Å². The summed E-state index contributed by atoms with van der Waals surface area (Å²) in [4.78, 5) is 23.5. The third-order valence-electron chi connectivity index (χ3n) is 2.96. The zero-order valence-electron chi connectivity index (χ0n) is 11.2. The molecule has 0 radical (unpaired) electrons. The highest BCUT2D eigenvalue weighted by Crippen LogP contribution is 2.22. The number of halogens is 1. The molecule has 0 aliphatic rings. The van der Waals surface area contributed by atoms with Gasteiger partial charge in [-0.2, -0.15) is 0 Å². The van der Waals surface area contributed by atoms with Crippen LogP contribution < -0.4 is 11.1 Å². The molecule has 108 valence electrons. The van der Waals surface area contributed by atoms with Crippen molar-refractivity contribution in [2.24, 2.45) is 0 Å². The Hall–Kier alpha value is -2.09. The average Bonchev–Trinajstić information content (AvgIpc) is 2.41. The van der Waals surface area contributed by atoms with E-state index in [2.05, 4.69) is 27.9 Å². The average molecular weight is 396 g/mol. The second kappa shape index (κ2) is 6.13. The minimum absolute atomic E-state index is 0.000196. The Morgan fingerprint density at radius 1 is 1.19 bits per heavy atom. The van der Waals surface area contributed by atoms with Gasteiger partial charge in [0, 0.05) is 9.26 Å². The van der Waals surface area contributed by atoms with Crippen LogP contribution in [-0.4, -0.2) is 17.0 Å². The van der Waals surface area contributed by atoms with Crippen molar-refractivity contribution in [2.45, 2.75) is 6.92 Å². The van der Waals surface area contributed by atoms with Crippen LogP contribution in [0.4, 0.5) is 11.4 Å². The molecule has 0 saturated carbocycles. The van der Waals surface area contributed by atoms with Crippen molar-refractivity contribution < 1.29 is 14.7 Å². The van der Waals surface area contributed by atoms with E-state index in [0.717, 1.165) is 9.13 Å². The number of amides is 1. The molecule has 0 fully saturated rings. The highest BCUT2D eigenvalue weighted by Gasteiger charge is 2.16. The highest BCUT2D eigenvalue weighted by molar-refractivity contribution is 14.1. The van der Waals surface area contributed by atoms with Crippen LogP contribution >= 0.6 is 22.6 Å². The number of hydrogen-bond acceptors (Lipinski definition) is 3. The summed E-state index contributed by atoms with van der Waals surface area (Å²) in [5.74, 6) is -1.49. The molecule has 4 N–H and O–H groups in total. The summed E-state index contributed by atoms with van der Waals surface area (Å²) in [7, 11) is 0. The molecule has 0 atom stereocenters. The number of carbonyl (C=O) groups excluding carboxylic acids is 1. The Morgan fingerprint density at radius 3 is 2.57 bits per heavy atom. The van der Waals surface area contributed by atoms with Gasteiger partial charge < -0.3 is 16.2 Å². The van der Waals surface area contributed by atoms with Crippen LogP contribution in [0.2, 0.25) is 0 Å². The van der Waals surface area contributed by atoms with Gasteiger partial charge in [0.1, 0.15) is 0 Å². The van der Waals surface area contributed by atoms with Gasteiger partial charge in [-0.25, -0.2) is 4.79 Å². The summed E-state index contributed by atoms with van der Waals surface area (Å²) >= 11 is 2.09. The summed E-state index contributed by atoms with van der Waals surface area (Å²) in [6.07, 6.45) is 0. The van der Waals surface area contributed by atoms with Gasteiger partial charge in [-0.15, -0.1) is 0 Å². The fourth-order valence-corrected chi connectivity index (χ4v) is 2.47. The molecule has 6 heteroatoms. The predicted octanol–water partition coefficient (Wildman–Crippen LogP) is 3.13. The molecule has 0 spiro atoms. The Kier molecular flexibility index (Phi) is 4.46. The molecule has 5 nitrogen and oxygen atoms in total. The third kappa shape index (κ3) is 3.33. The second-order valence-corrected chi connectivity index (χ2v) is 5.58. The summed E-state index contributed by atoms with van der Waals surface area (Å²) in [6, 6.07) is 9.66. The first kappa shape index (κ1) is 15.3. The molecule has 21 heavy (non-hydrogen) atoms. The molecule has 0 aliphatic carbocycles. The standard InChI is InChI=1S/C15H13IN2O3/c1-8-3-2-4-11(13(8)16)14(19)18-12-7-9(17)5-6-10(12)15(20)21/h2-7H,17H2,1H3,(H,18,19)(H,20,21). The number of carboxylic acids is 1. The number of nitrogen functional groups attached to an aromatic ring is 1. The van der Waals surface area contributed by atoms with Crippen molar-refractivity contribution >= 4 is 45.8 Å². The predicted molar refractivity (Wildman–Crippen MR) is 89.7 cm³/mol. The van der Waals surface area contributed by atoms with Crippen LogP contribution in [0.15, 0.2) is 36.4 Å². The number of aromatic carboxylic acids is 1. The van der Waals surface area contributed by atoms with Crippen LogP contribution in [0.1, 0.15) is 26.3 Å². The number of rotatable bonds is 3. The lowest BCUT2D eigenvalue weighted by molar-refractivity contribution is 0.0698. The summed E-state index contributed by atoms with van der Waals surface area (Å²) in [5, 5.41) is 11.8. The normalized spacial score (nSPS) is 10.2.